The number of nitrogens with zero attached hydrogens (tertiary/aromatic N) is 1. The van der Waals surface area contributed by atoms with E-state index in [1.807, 2.05) is 0 Å². The molecule has 4 rings (SSSR count). The van der Waals surface area contributed by atoms with Crippen molar-refractivity contribution in [2.75, 3.05) is 38.9 Å². The third-order valence-corrected chi connectivity index (χ3v) is 6.47. The van der Waals surface area contributed by atoms with Gasteiger partial charge in [-0.25, -0.2) is 13.1 Å². The Balaban J connectivity index is 1.50. The van der Waals surface area contributed by atoms with E-state index in [9.17, 15) is 13.2 Å². The Hall–Kier alpha value is -2.98. The van der Waals surface area contributed by atoms with Gasteiger partial charge < -0.3 is 23.8 Å². The minimum atomic E-state index is -3.84. The zero-order valence-corrected chi connectivity index (χ0v) is 17.4. The first-order chi connectivity index (χ1) is 14.4. The van der Waals surface area contributed by atoms with Crippen molar-refractivity contribution < 1.29 is 32.2 Å². The Kier molecular flexibility index (Phi) is 5.44. The highest BCUT2D eigenvalue weighted by Gasteiger charge is 2.34. The normalized spacial score (nSPS) is 18.4. The molecule has 0 aliphatic carbocycles. The summed E-state index contributed by atoms with van der Waals surface area (Å²) >= 11 is 0. The number of anilines is 1. The van der Waals surface area contributed by atoms with Crippen LogP contribution >= 0.6 is 0 Å². The van der Waals surface area contributed by atoms with Gasteiger partial charge in [-0.1, -0.05) is 0 Å². The van der Waals surface area contributed by atoms with E-state index in [1.165, 1.54) is 31.3 Å². The molecule has 9 nitrogen and oxygen atoms in total. The molecule has 1 saturated heterocycles. The molecule has 2 heterocycles. The van der Waals surface area contributed by atoms with E-state index in [2.05, 4.69) is 4.72 Å². The molecule has 0 saturated carbocycles. The molecule has 30 heavy (non-hydrogen) atoms. The van der Waals surface area contributed by atoms with Crippen LogP contribution in [0.3, 0.4) is 0 Å². The lowest BCUT2D eigenvalue weighted by Crippen LogP contribution is -2.37. The highest BCUT2D eigenvalue weighted by atomic mass is 32.2. The predicted molar refractivity (Wildman–Crippen MR) is 108 cm³/mol. The lowest BCUT2D eigenvalue weighted by Gasteiger charge is -2.20. The van der Waals surface area contributed by atoms with Gasteiger partial charge in [0, 0.05) is 36.8 Å². The Bertz CT molecular complexity index is 1070. The molecule has 1 N–H and O–H groups in total. The maximum atomic E-state index is 12.8. The summed E-state index contributed by atoms with van der Waals surface area (Å²) in [4.78, 5) is 14.1. The number of methoxy groups -OCH3 is 2. The zero-order chi connectivity index (χ0) is 21.3. The van der Waals surface area contributed by atoms with Gasteiger partial charge in [-0.15, -0.1) is 0 Å². The molecule has 160 valence electrons. The Morgan fingerprint density at radius 1 is 1.00 bits per heavy atom. The number of ether oxygens (including phenoxy) is 4. The topological polar surface area (TPSA) is 103 Å². The van der Waals surface area contributed by atoms with E-state index < -0.39 is 16.1 Å². The third-order valence-electron chi connectivity index (χ3n) is 4.95. The van der Waals surface area contributed by atoms with Crippen molar-refractivity contribution in [2.45, 2.75) is 17.4 Å². The lowest BCUT2D eigenvalue weighted by molar-refractivity contribution is -0.117. The van der Waals surface area contributed by atoms with Crippen LogP contribution in [0.4, 0.5) is 5.69 Å². The highest BCUT2D eigenvalue weighted by molar-refractivity contribution is 7.89. The van der Waals surface area contributed by atoms with Crippen molar-refractivity contribution in [3.63, 3.8) is 0 Å². The Labute approximate surface area is 174 Å². The summed E-state index contributed by atoms with van der Waals surface area (Å²) in [5, 5.41) is 0. The summed E-state index contributed by atoms with van der Waals surface area (Å²) in [5.41, 5.74) is 0.610. The minimum Gasteiger partial charge on any atom is -0.493 e. The fourth-order valence-electron chi connectivity index (χ4n) is 3.51. The molecule has 0 bridgehead atoms. The Morgan fingerprint density at radius 3 is 2.47 bits per heavy atom. The summed E-state index contributed by atoms with van der Waals surface area (Å²) in [6, 6.07) is 9.01. The number of sulfonamides is 1. The number of fused-ring (bicyclic) bond motifs is 1. The van der Waals surface area contributed by atoms with Crippen LogP contribution in [-0.4, -0.2) is 54.3 Å². The lowest BCUT2D eigenvalue weighted by atomic mass is 10.2. The second-order valence-electron chi connectivity index (χ2n) is 6.87. The van der Waals surface area contributed by atoms with Crippen molar-refractivity contribution in [1.82, 2.24) is 4.72 Å². The SMILES string of the molecule is COc1ccc(N2CC(NS(=O)(=O)c3ccc4c(c3)OCCO4)CC2=O)cc1OC. The van der Waals surface area contributed by atoms with Gasteiger partial charge in [-0.3, -0.25) is 4.79 Å². The molecule has 0 aromatic heterocycles. The van der Waals surface area contributed by atoms with Crippen molar-refractivity contribution in [3.05, 3.63) is 36.4 Å². The van der Waals surface area contributed by atoms with Gasteiger partial charge in [-0.05, 0) is 24.3 Å². The maximum Gasteiger partial charge on any atom is 0.241 e. The van der Waals surface area contributed by atoms with Crippen LogP contribution in [0.1, 0.15) is 6.42 Å². The average Bonchev–Trinajstić information content (AvgIpc) is 3.12. The average molecular weight is 434 g/mol. The molecule has 1 fully saturated rings. The number of benzene rings is 2. The number of amides is 1. The molecule has 1 unspecified atom stereocenters. The van der Waals surface area contributed by atoms with E-state index in [0.717, 1.165) is 0 Å². The minimum absolute atomic E-state index is 0.0537. The van der Waals surface area contributed by atoms with Crippen LogP contribution in [0.5, 0.6) is 23.0 Å². The zero-order valence-electron chi connectivity index (χ0n) is 16.6. The summed E-state index contributed by atoms with van der Waals surface area (Å²) in [7, 11) is -0.798. The van der Waals surface area contributed by atoms with E-state index in [1.54, 1.807) is 24.3 Å². The quantitative estimate of drug-likeness (QED) is 0.736. The van der Waals surface area contributed by atoms with E-state index >= 15 is 0 Å². The Morgan fingerprint density at radius 2 is 1.73 bits per heavy atom. The molecule has 2 aliphatic rings. The highest BCUT2D eigenvalue weighted by Crippen LogP contribution is 2.34. The summed E-state index contributed by atoms with van der Waals surface area (Å²) in [6.45, 7) is 0.993. The summed E-state index contributed by atoms with van der Waals surface area (Å²) in [5.74, 6) is 1.75. The van der Waals surface area contributed by atoms with Crippen LogP contribution < -0.4 is 28.6 Å². The smallest absolute Gasteiger partial charge is 0.241 e. The molecule has 0 spiro atoms. The molecule has 2 aromatic carbocycles. The number of hydrogen-bond donors (Lipinski definition) is 1. The van der Waals surface area contributed by atoms with Crippen molar-refractivity contribution in [2.24, 2.45) is 0 Å². The first kappa shape index (κ1) is 20.3. The van der Waals surface area contributed by atoms with Crippen LogP contribution in [0, 0.1) is 0 Å². The molecule has 0 radical (unpaired) electrons. The first-order valence-electron chi connectivity index (χ1n) is 9.35. The number of carbonyl (C=O) groups excluding carboxylic acids is 1. The van der Waals surface area contributed by atoms with Gasteiger partial charge in [0.25, 0.3) is 0 Å². The van der Waals surface area contributed by atoms with Crippen LogP contribution in [-0.2, 0) is 14.8 Å². The van der Waals surface area contributed by atoms with Gasteiger partial charge in [0.15, 0.2) is 23.0 Å². The largest absolute Gasteiger partial charge is 0.493 e. The molecule has 10 heteroatoms. The van der Waals surface area contributed by atoms with Crippen LogP contribution in [0.15, 0.2) is 41.3 Å². The van der Waals surface area contributed by atoms with E-state index in [0.29, 0.717) is 41.9 Å². The van der Waals surface area contributed by atoms with E-state index in [4.69, 9.17) is 18.9 Å². The number of rotatable bonds is 6. The first-order valence-corrected chi connectivity index (χ1v) is 10.8. The molecule has 1 amide bonds. The predicted octanol–water partition coefficient (Wildman–Crippen LogP) is 1.56. The van der Waals surface area contributed by atoms with Gasteiger partial charge in [-0.2, -0.15) is 0 Å². The molecular formula is C20H22N2O7S. The monoisotopic (exact) mass is 434 g/mol. The van der Waals surface area contributed by atoms with Gasteiger partial charge >= 0.3 is 0 Å². The van der Waals surface area contributed by atoms with E-state index in [-0.39, 0.29) is 23.8 Å². The second-order valence-corrected chi connectivity index (χ2v) is 8.59. The fraction of sp³-hybridized carbons (Fsp3) is 0.350. The summed E-state index contributed by atoms with van der Waals surface area (Å²) in [6.07, 6.45) is 0.0537. The van der Waals surface area contributed by atoms with Gasteiger partial charge in [0.05, 0.1) is 19.1 Å². The second kappa shape index (κ2) is 8.04. The number of hydrogen-bond acceptors (Lipinski definition) is 7. The van der Waals surface area contributed by atoms with Crippen molar-refractivity contribution in [1.29, 1.82) is 0 Å². The van der Waals surface area contributed by atoms with Gasteiger partial charge in [0.1, 0.15) is 13.2 Å². The standard InChI is InChI=1S/C20H22N2O7S/c1-26-16-5-3-14(10-18(16)27-2)22-12-13(9-20(22)23)21-30(24,25)15-4-6-17-19(11-15)29-8-7-28-17/h3-6,10-11,13,21H,7-9,12H2,1-2H3. The number of nitrogens with one attached hydrogen (secondary N) is 1. The molecular weight excluding hydrogens is 412 g/mol. The maximum absolute atomic E-state index is 12.8. The number of carbonyl (C=O) groups is 1. The molecule has 1 atom stereocenters. The molecule has 2 aliphatic heterocycles. The fourth-order valence-corrected chi connectivity index (χ4v) is 4.75. The van der Waals surface area contributed by atoms with Crippen LogP contribution in [0.2, 0.25) is 0 Å². The van der Waals surface area contributed by atoms with Crippen molar-refractivity contribution >= 4 is 21.6 Å². The van der Waals surface area contributed by atoms with Crippen molar-refractivity contribution in [3.8, 4) is 23.0 Å². The third kappa shape index (κ3) is 3.88. The van der Waals surface area contributed by atoms with Crippen LogP contribution in [0.25, 0.3) is 0 Å². The summed E-state index contributed by atoms with van der Waals surface area (Å²) < 4.78 is 49.7. The van der Waals surface area contributed by atoms with Gasteiger partial charge in [0.2, 0.25) is 15.9 Å². The molecule has 2 aromatic rings.